The van der Waals surface area contributed by atoms with Crippen LogP contribution in [-0.2, 0) is 10.0 Å². The van der Waals surface area contributed by atoms with Gasteiger partial charge < -0.3 is 13.9 Å². The average Bonchev–Trinajstić information content (AvgIpc) is 3.17. The third kappa shape index (κ3) is 3.69. The van der Waals surface area contributed by atoms with Crippen molar-refractivity contribution in [3.05, 3.63) is 55.0 Å². The van der Waals surface area contributed by atoms with Crippen molar-refractivity contribution in [3.63, 3.8) is 0 Å². The molecule has 10 heteroatoms. The SMILES string of the molecule is COc1ccc(S(=O)(=O)Nc2cncc(-c3nc4ncccc4o3)c2)cc1OC. The Kier molecular flexibility index (Phi) is 4.77. The molecule has 0 atom stereocenters. The molecule has 148 valence electrons. The number of rotatable bonds is 6. The average molecular weight is 412 g/mol. The third-order valence-electron chi connectivity index (χ3n) is 4.07. The molecule has 0 fully saturated rings. The Balaban J connectivity index is 1.65. The maximum Gasteiger partial charge on any atom is 0.262 e. The first kappa shape index (κ1) is 18.7. The fourth-order valence-electron chi connectivity index (χ4n) is 2.70. The van der Waals surface area contributed by atoms with Crippen molar-refractivity contribution in [1.29, 1.82) is 0 Å². The first-order valence-corrected chi connectivity index (χ1v) is 9.90. The number of ether oxygens (including phenoxy) is 2. The van der Waals surface area contributed by atoms with Gasteiger partial charge in [0.2, 0.25) is 5.89 Å². The lowest BCUT2D eigenvalue weighted by Gasteiger charge is -2.11. The van der Waals surface area contributed by atoms with Gasteiger partial charge in [-0.05, 0) is 30.3 Å². The summed E-state index contributed by atoms with van der Waals surface area (Å²) in [6, 6.07) is 9.39. The molecule has 9 nitrogen and oxygen atoms in total. The number of nitrogens with one attached hydrogen (secondary N) is 1. The number of aromatic nitrogens is 3. The summed E-state index contributed by atoms with van der Waals surface area (Å²) in [7, 11) is -0.973. The third-order valence-corrected chi connectivity index (χ3v) is 5.45. The van der Waals surface area contributed by atoms with E-state index in [4.69, 9.17) is 13.9 Å². The number of nitrogens with zero attached hydrogens (tertiary/aromatic N) is 3. The van der Waals surface area contributed by atoms with Gasteiger partial charge in [0.25, 0.3) is 10.0 Å². The predicted octanol–water partition coefficient (Wildman–Crippen LogP) is 3.10. The molecule has 0 saturated heterocycles. The highest BCUT2D eigenvalue weighted by Crippen LogP contribution is 2.30. The predicted molar refractivity (Wildman–Crippen MR) is 105 cm³/mol. The molecule has 0 aliphatic carbocycles. The summed E-state index contributed by atoms with van der Waals surface area (Å²) in [5, 5.41) is 0. The van der Waals surface area contributed by atoms with Gasteiger partial charge in [-0.25, -0.2) is 13.4 Å². The normalized spacial score (nSPS) is 11.4. The summed E-state index contributed by atoms with van der Waals surface area (Å²) < 4.78 is 44.0. The molecule has 0 spiro atoms. The first-order chi connectivity index (χ1) is 14.0. The number of oxazole rings is 1. The zero-order valence-corrected chi connectivity index (χ0v) is 16.3. The minimum Gasteiger partial charge on any atom is -0.493 e. The van der Waals surface area contributed by atoms with Crippen molar-refractivity contribution in [2.45, 2.75) is 4.90 Å². The minimum atomic E-state index is -3.88. The lowest BCUT2D eigenvalue weighted by molar-refractivity contribution is 0.354. The van der Waals surface area contributed by atoms with Crippen molar-refractivity contribution in [2.24, 2.45) is 0 Å². The Morgan fingerprint density at radius 2 is 1.86 bits per heavy atom. The molecule has 0 unspecified atom stereocenters. The Bertz CT molecular complexity index is 1250. The van der Waals surface area contributed by atoms with Gasteiger partial charge in [0.1, 0.15) is 0 Å². The van der Waals surface area contributed by atoms with Gasteiger partial charge in [-0.1, -0.05) is 0 Å². The molecule has 0 amide bonds. The summed E-state index contributed by atoms with van der Waals surface area (Å²) in [5.41, 5.74) is 1.75. The van der Waals surface area contributed by atoms with E-state index in [1.807, 2.05) is 0 Å². The van der Waals surface area contributed by atoms with Crippen LogP contribution in [0.3, 0.4) is 0 Å². The first-order valence-electron chi connectivity index (χ1n) is 8.42. The number of hydrogen-bond donors (Lipinski definition) is 1. The fourth-order valence-corrected chi connectivity index (χ4v) is 3.75. The summed E-state index contributed by atoms with van der Waals surface area (Å²) in [6.07, 6.45) is 4.53. The van der Waals surface area contributed by atoms with E-state index in [1.165, 1.54) is 44.8 Å². The smallest absolute Gasteiger partial charge is 0.262 e. The molecule has 4 rings (SSSR count). The van der Waals surface area contributed by atoms with E-state index in [2.05, 4.69) is 19.7 Å². The van der Waals surface area contributed by atoms with E-state index in [9.17, 15) is 8.42 Å². The maximum absolute atomic E-state index is 12.8. The molecule has 0 aliphatic heterocycles. The zero-order chi connectivity index (χ0) is 20.4. The standard InChI is InChI=1S/C19H16N4O5S/c1-26-15-6-5-14(9-17(15)27-2)29(24,25)23-13-8-12(10-20-11-13)19-22-18-16(28-19)4-3-7-21-18/h3-11,23H,1-2H3. The molecule has 0 aliphatic rings. The second-order valence-electron chi connectivity index (χ2n) is 5.93. The van der Waals surface area contributed by atoms with Gasteiger partial charge in [-0.2, -0.15) is 4.98 Å². The molecule has 29 heavy (non-hydrogen) atoms. The van der Waals surface area contributed by atoms with Gasteiger partial charge in [0.05, 0.1) is 36.6 Å². The molecule has 1 N–H and O–H groups in total. The zero-order valence-electron chi connectivity index (χ0n) is 15.5. The molecule has 0 radical (unpaired) electrons. The highest BCUT2D eigenvalue weighted by molar-refractivity contribution is 7.92. The van der Waals surface area contributed by atoms with Gasteiger partial charge in [-0.3, -0.25) is 9.71 Å². The van der Waals surface area contributed by atoms with Crippen LogP contribution in [0.5, 0.6) is 11.5 Å². The second kappa shape index (κ2) is 7.40. The van der Waals surface area contributed by atoms with Crippen molar-refractivity contribution in [2.75, 3.05) is 18.9 Å². The molecule has 0 bridgehead atoms. The Morgan fingerprint density at radius 3 is 2.62 bits per heavy atom. The van der Waals surface area contributed by atoms with Crippen molar-refractivity contribution in [1.82, 2.24) is 15.0 Å². The van der Waals surface area contributed by atoms with Crippen LogP contribution in [0, 0.1) is 0 Å². The van der Waals surface area contributed by atoms with Crippen LogP contribution in [0.4, 0.5) is 5.69 Å². The molecule has 0 saturated carbocycles. The topological polar surface area (TPSA) is 116 Å². The van der Waals surface area contributed by atoms with E-state index < -0.39 is 10.0 Å². The summed E-state index contributed by atoms with van der Waals surface area (Å²) >= 11 is 0. The lowest BCUT2D eigenvalue weighted by atomic mass is 10.3. The molecule has 3 aromatic heterocycles. The molecular weight excluding hydrogens is 396 g/mol. The number of benzene rings is 1. The second-order valence-corrected chi connectivity index (χ2v) is 7.61. The molecule has 1 aromatic carbocycles. The fraction of sp³-hybridized carbons (Fsp3) is 0.105. The summed E-state index contributed by atoms with van der Waals surface area (Å²) in [4.78, 5) is 12.5. The monoisotopic (exact) mass is 412 g/mol. The summed E-state index contributed by atoms with van der Waals surface area (Å²) in [5.74, 6) is 1.03. The van der Waals surface area contributed by atoms with Crippen LogP contribution in [0.15, 0.2) is 64.3 Å². The Labute approximate surface area is 166 Å². The van der Waals surface area contributed by atoms with E-state index in [-0.39, 0.29) is 10.6 Å². The van der Waals surface area contributed by atoms with Gasteiger partial charge >= 0.3 is 0 Å². The molecule has 3 heterocycles. The number of pyridine rings is 2. The highest BCUT2D eigenvalue weighted by atomic mass is 32.2. The largest absolute Gasteiger partial charge is 0.493 e. The van der Waals surface area contributed by atoms with Crippen LogP contribution in [0.1, 0.15) is 0 Å². The highest BCUT2D eigenvalue weighted by Gasteiger charge is 2.18. The number of sulfonamides is 1. The number of fused-ring (bicyclic) bond motifs is 1. The quantitative estimate of drug-likeness (QED) is 0.513. The number of methoxy groups -OCH3 is 2. The van der Waals surface area contributed by atoms with Crippen molar-refractivity contribution in [3.8, 4) is 23.0 Å². The van der Waals surface area contributed by atoms with Crippen LogP contribution < -0.4 is 14.2 Å². The minimum absolute atomic E-state index is 0.0200. The van der Waals surface area contributed by atoms with E-state index in [1.54, 1.807) is 24.4 Å². The van der Waals surface area contributed by atoms with Gasteiger partial charge in [0, 0.05) is 18.5 Å². The molecule has 4 aromatic rings. The maximum atomic E-state index is 12.8. The van der Waals surface area contributed by atoms with Crippen molar-refractivity contribution < 1.29 is 22.3 Å². The molecular formula is C19H16N4O5S. The van der Waals surface area contributed by atoms with Crippen LogP contribution in [0.25, 0.3) is 22.7 Å². The van der Waals surface area contributed by atoms with Gasteiger partial charge in [0.15, 0.2) is 22.7 Å². The van der Waals surface area contributed by atoms with Crippen LogP contribution in [-0.4, -0.2) is 37.6 Å². The van der Waals surface area contributed by atoms with E-state index in [0.29, 0.717) is 34.2 Å². The van der Waals surface area contributed by atoms with Crippen LogP contribution >= 0.6 is 0 Å². The summed E-state index contributed by atoms with van der Waals surface area (Å²) in [6.45, 7) is 0. The van der Waals surface area contributed by atoms with Gasteiger partial charge in [-0.15, -0.1) is 0 Å². The van der Waals surface area contributed by atoms with E-state index >= 15 is 0 Å². The van der Waals surface area contributed by atoms with Crippen molar-refractivity contribution >= 4 is 26.9 Å². The Morgan fingerprint density at radius 1 is 1.03 bits per heavy atom. The van der Waals surface area contributed by atoms with Crippen LogP contribution in [0.2, 0.25) is 0 Å². The van der Waals surface area contributed by atoms with E-state index in [0.717, 1.165) is 0 Å². The number of hydrogen-bond acceptors (Lipinski definition) is 8. The number of anilines is 1. The Hall–Kier alpha value is -3.66. The lowest BCUT2D eigenvalue weighted by Crippen LogP contribution is -2.13.